The third-order valence-corrected chi connectivity index (χ3v) is 6.46. The van der Waals surface area contributed by atoms with Gasteiger partial charge in [-0.25, -0.2) is 17.8 Å². The van der Waals surface area contributed by atoms with Crippen LogP contribution in [0.25, 0.3) is 16.8 Å². The van der Waals surface area contributed by atoms with Gasteiger partial charge in [0, 0.05) is 11.8 Å². The third kappa shape index (κ3) is 3.58. The number of rotatable bonds is 5. The lowest BCUT2D eigenvalue weighted by molar-refractivity contribution is 0.386. The number of halogens is 3. The highest BCUT2D eigenvalue weighted by Crippen LogP contribution is 2.36. The normalized spacial score (nSPS) is 11.6. The Morgan fingerprint density at radius 1 is 1.13 bits per heavy atom. The van der Waals surface area contributed by atoms with Crippen molar-refractivity contribution in [2.45, 2.75) is 4.90 Å². The Balaban J connectivity index is 1.88. The summed E-state index contributed by atoms with van der Waals surface area (Å²) in [6, 6.07) is 10.5. The lowest BCUT2D eigenvalue weighted by atomic mass is 10.1. The molecule has 0 spiro atoms. The SMILES string of the molecule is COc1nc(F)c(-c2ccc3ncc(I)n3c2)c(F)c1NS(=O)(=O)c1ccccc1. The molecule has 0 aliphatic rings. The number of hydrogen-bond acceptors (Lipinski definition) is 5. The zero-order chi connectivity index (χ0) is 21.5. The molecule has 0 bridgehead atoms. The molecule has 0 aliphatic heterocycles. The number of hydrogen-bond donors (Lipinski definition) is 1. The molecule has 1 N–H and O–H groups in total. The summed E-state index contributed by atoms with van der Waals surface area (Å²) in [7, 11) is -3.02. The van der Waals surface area contributed by atoms with Crippen LogP contribution in [0.1, 0.15) is 0 Å². The van der Waals surface area contributed by atoms with E-state index in [1.54, 1.807) is 22.7 Å². The molecule has 0 saturated carbocycles. The van der Waals surface area contributed by atoms with Gasteiger partial charge in [-0.15, -0.1) is 0 Å². The highest BCUT2D eigenvalue weighted by atomic mass is 127. The van der Waals surface area contributed by atoms with Crippen molar-refractivity contribution in [3.8, 4) is 17.0 Å². The number of methoxy groups -OCH3 is 1. The fraction of sp³-hybridized carbons (Fsp3) is 0.0526. The van der Waals surface area contributed by atoms with Crippen LogP contribution >= 0.6 is 22.6 Å². The predicted octanol–water partition coefficient (Wildman–Crippen LogP) is 4.09. The van der Waals surface area contributed by atoms with E-state index in [4.69, 9.17) is 4.74 Å². The average molecular weight is 542 g/mol. The van der Waals surface area contributed by atoms with Gasteiger partial charge in [-0.3, -0.25) is 9.12 Å². The van der Waals surface area contributed by atoms with Crippen LogP contribution in [0, 0.1) is 15.5 Å². The molecule has 0 fully saturated rings. The van der Waals surface area contributed by atoms with Gasteiger partial charge >= 0.3 is 0 Å². The van der Waals surface area contributed by atoms with Crippen molar-refractivity contribution in [3.63, 3.8) is 0 Å². The van der Waals surface area contributed by atoms with Crippen molar-refractivity contribution in [1.29, 1.82) is 0 Å². The van der Waals surface area contributed by atoms with Gasteiger partial charge in [-0.1, -0.05) is 18.2 Å². The standard InChI is InChI=1S/C19H13F2IN4O3S/c1-29-19-17(25-30(27,28)12-5-3-2-4-6-12)16(20)15(18(21)24-19)11-7-8-14-23-9-13(22)26(14)10-11/h2-10,25H,1H3. The smallest absolute Gasteiger partial charge is 0.262 e. The summed E-state index contributed by atoms with van der Waals surface area (Å²) in [5.74, 6) is -2.80. The van der Waals surface area contributed by atoms with Gasteiger partial charge < -0.3 is 4.74 Å². The number of anilines is 1. The van der Waals surface area contributed by atoms with E-state index in [9.17, 15) is 12.8 Å². The van der Waals surface area contributed by atoms with Gasteiger partial charge in [0.1, 0.15) is 15.0 Å². The molecular formula is C19H13F2IN4O3S. The van der Waals surface area contributed by atoms with Gasteiger partial charge in [0.25, 0.3) is 10.0 Å². The first-order valence-electron chi connectivity index (χ1n) is 8.45. The molecule has 0 amide bonds. The van der Waals surface area contributed by atoms with Crippen molar-refractivity contribution in [2.75, 3.05) is 11.8 Å². The van der Waals surface area contributed by atoms with Crippen LogP contribution in [0.4, 0.5) is 14.5 Å². The van der Waals surface area contributed by atoms with E-state index in [2.05, 4.69) is 14.7 Å². The number of nitrogens with zero attached hydrogens (tertiary/aromatic N) is 3. The second-order valence-electron chi connectivity index (χ2n) is 6.12. The van der Waals surface area contributed by atoms with Crippen LogP contribution in [0.15, 0.2) is 59.8 Å². The van der Waals surface area contributed by atoms with E-state index in [1.807, 2.05) is 22.6 Å². The van der Waals surface area contributed by atoms with E-state index in [0.29, 0.717) is 5.65 Å². The Bertz CT molecular complexity index is 1360. The van der Waals surface area contributed by atoms with Crippen molar-refractivity contribution >= 4 is 43.9 Å². The van der Waals surface area contributed by atoms with Gasteiger partial charge in [-0.2, -0.15) is 9.37 Å². The number of imidazole rings is 1. The molecule has 11 heteroatoms. The summed E-state index contributed by atoms with van der Waals surface area (Å²) in [5, 5.41) is 0. The fourth-order valence-electron chi connectivity index (χ4n) is 2.88. The minimum atomic E-state index is -4.16. The van der Waals surface area contributed by atoms with E-state index in [0.717, 1.165) is 10.8 Å². The van der Waals surface area contributed by atoms with Gasteiger partial charge in [0.2, 0.25) is 11.8 Å². The lowest BCUT2D eigenvalue weighted by Gasteiger charge is -2.15. The molecule has 30 heavy (non-hydrogen) atoms. The Hall–Kier alpha value is -2.80. The van der Waals surface area contributed by atoms with E-state index in [-0.39, 0.29) is 10.5 Å². The highest BCUT2D eigenvalue weighted by molar-refractivity contribution is 14.1. The molecule has 0 unspecified atom stereocenters. The molecule has 154 valence electrons. The van der Waals surface area contributed by atoms with Crippen molar-refractivity contribution in [1.82, 2.24) is 14.4 Å². The quantitative estimate of drug-likeness (QED) is 0.304. The molecule has 0 atom stereocenters. The first-order chi connectivity index (χ1) is 14.3. The molecule has 0 saturated heterocycles. The van der Waals surface area contributed by atoms with Crippen LogP contribution in [-0.2, 0) is 10.0 Å². The summed E-state index contributed by atoms with van der Waals surface area (Å²) >= 11 is 2.03. The summed E-state index contributed by atoms with van der Waals surface area (Å²) in [6.07, 6.45) is 3.10. The Labute approximate surface area is 183 Å². The first kappa shape index (κ1) is 20.5. The number of aromatic nitrogens is 3. The molecule has 3 aromatic heterocycles. The summed E-state index contributed by atoms with van der Waals surface area (Å²) < 4.78 is 64.9. The second kappa shape index (κ2) is 7.80. The Kier molecular flexibility index (Phi) is 5.32. The van der Waals surface area contributed by atoms with Crippen LogP contribution < -0.4 is 9.46 Å². The van der Waals surface area contributed by atoms with Crippen LogP contribution in [0.2, 0.25) is 0 Å². The van der Waals surface area contributed by atoms with Crippen LogP contribution in [-0.4, -0.2) is 29.9 Å². The van der Waals surface area contributed by atoms with Crippen molar-refractivity contribution < 1.29 is 21.9 Å². The summed E-state index contributed by atoms with van der Waals surface area (Å²) in [4.78, 5) is 7.69. The molecule has 0 radical (unpaired) electrons. The minimum absolute atomic E-state index is 0.0910. The van der Waals surface area contributed by atoms with Gasteiger partial charge in [0.05, 0.1) is 23.8 Å². The van der Waals surface area contributed by atoms with Crippen LogP contribution in [0.5, 0.6) is 5.88 Å². The number of nitrogens with one attached hydrogen (secondary N) is 1. The van der Waals surface area contributed by atoms with E-state index >= 15 is 4.39 Å². The first-order valence-corrected chi connectivity index (χ1v) is 11.0. The van der Waals surface area contributed by atoms with E-state index < -0.39 is 38.9 Å². The van der Waals surface area contributed by atoms with Crippen molar-refractivity contribution in [2.24, 2.45) is 0 Å². The second-order valence-corrected chi connectivity index (χ2v) is 8.91. The third-order valence-electron chi connectivity index (χ3n) is 4.29. The van der Waals surface area contributed by atoms with Gasteiger partial charge in [0.15, 0.2) is 5.82 Å². The Morgan fingerprint density at radius 2 is 1.87 bits per heavy atom. The minimum Gasteiger partial charge on any atom is -0.479 e. The number of sulfonamides is 1. The van der Waals surface area contributed by atoms with Crippen molar-refractivity contribution in [3.05, 3.63) is 70.3 Å². The Morgan fingerprint density at radius 3 is 2.57 bits per heavy atom. The summed E-state index contributed by atoms with van der Waals surface area (Å²) in [5.41, 5.74) is -0.328. The fourth-order valence-corrected chi connectivity index (χ4v) is 4.49. The summed E-state index contributed by atoms with van der Waals surface area (Å²) in [6.45, 7) is 0. The molecule has 0 aliphatic carbocycles. The number of pyridine rings is 2. The largest absolute Gasteiger partial charge is 0.479 e. The molecule has 1 aromatic carbocycles. The number of fused-ring (bicyclic) bond motifs is 1. The number of benzene rings is 1. The molecule has 4 aromatic rings. The highest BCUT2D eigenvalue weighted by Gasteiger charge is 2.26. The maximum atomic E-state index is 15.4. The van der Waals surface area contributed by atoms with Crippen LogP contribution in [0.3, 0.4) is 0 Å². The zero-order valence-electron chi connectivity index (χ0n) is 15.3. The predicted molar refractivity (Wildman–Crippen MR) is 115 cm³/mol. The topological polar surface area (TPSA) is 85.6 Å². The van der Waals surface area contributed by atoms with Gasteiger partial charge in [-0.05, 0) is 46.9 Å². The molecule has 7 nitrogen and oxygen atoms in total. The maximum absolute atomic E-state index is 15.4. The average Bonchev–Trinajstić information content (AvgIpc) is 3.11. The zero-order valence-corrected chi connectivity index (χ0v) is 18.3. The molecule has 3 heterocycles. The monoisotopic (exact) mass is 542 g/mol. The molecule has 4 rings (SSSR count). The molecular weight excluding hydrogens is 529 g/mol. The maximum Gasteiger partial charge on any atom is 0.262 e. The number of ether oxygens (including phenoxy) is 1. The van der Waals surface area contributed by atoms with E-state index in [1.165, 1.54) is 36.5 Å². The lowest BCUT2D eigenvalue weighted by Crippen LogP contribution is -2.16.